The summed E-state index contributed by atoms with van der Waals surface area (Å²) in [5, 5.41) is 4.83. The highest BCUT2D eigenvalue weighted by atomic mass is 19.4. The van der Waals surface area contributed by atoms with Gasteiger partial charge in [-0.05, 0) is 31.5 Å². The van der Waals surface area contributed by atoms with Gasteiger partial charge in [0.1, 0.15) is 5.75 Å². The molecule has 3 amide bonds. The summed E-state index contributed by atoms with van der Waals surface area (Å²) in [4.78, 5) is 27.7. The van der Waals surface area contributed by atoms with E-state index in [0.29, 0.717) is 39.3 Å². The molecule has 1 aromatic carbocycles. The van der Waals surface area contributed by atoms with Gasteiger partial charge in [0.25, 0.3) is 0 Å². The summed E-state index contributed by atoms with van der Waals surface area (Å²) in [5.41, 5.74) is 0.880. The highest BCUT2D eigenvalue weighted by molar-refractivity contribution is 5.96. The third kappa shape index (κ3) is 7.01. The first-order valence-electron chi connectivity index (χ1n) is 9.07. The van der Waals surface area contributed by atoms with Crippen LogP contribution in [0.2, 0.25) is 0 Å². The smallest absolute Gasteiger partial charge is 0.406 e. The number of ether oxygens (including phenoxy) is 1. The van der Waals surface area contributed by atoms with E-state index in [4.69, 9.17) is 0 Å². The van der Waals surface area contributed by atoms with Crippen LogP contribution in [0, 0.1) is 0 Å². The Morgan fingerprint density at radius 2 is 1.75 bits per heavy atom. The molecule has 0 aliphatic carbocycles. The highest BCUT2D eigenvalue weighted by Crippen LogP contribution is 2.23. The van der Waals surface area contributed by atoms with Crippen molar-refractivity contribution >= 4 is 11.9 Å². The lowest BCUT2D eigenvalue weighted by Crippen LogP contribution is -2.55. The molecule has 0 saturated carbocycles. The van der Waals surface area contributed by atoms with Gasteiger partial charge in [0.05, 0.1) is 6.04 Å². The van der Waals surface area contributed by atoms with Crippen molar-refractivity contribution in [3.63, 3.8) is 0 Å². The standard InChI is InChI=1S/C18H25F3N4O3/c1-3-22-17(27)23-16(26)13(2)25-10-8-24(9-11-25)12-14-4-6-15(7-5-14)28-18(19,20)21/h4-7,13H,3,8-12H2,1-2H3,(H2,22,23,26,27). The lowest BCUT2D eigenvalue weighted by molar-refractivity contribution is -0.274. The fourth-order valence-electron chi connectivity index (χ4n) is 2.95. The molecule has 2 rings (SSSR count). The first-order valence-corrected chi connectivity index (χ1v) is 9.07. The van der Waals surface area contributed by atoms with E-state index in [0.717, 1.165) is 5.56 Å². The second kappa shape index (κ2) is 9.74. The van der Waals surface area contributed by atoms with Gasteiger partial charge in [-0.2, -0.15) is 0 Å². The van der Waals surface area contributed by atoms with Crippen LogP contribution >= 0.6 is 0 Å². The molecule has 0 spiro atoms. The maximum atomic E-state index is 12.2. The second-order valence-corrected chi connectivity index (χ2v) is 6.53. The molecule has 1 fully saturated rings. The molecule has 2 N–H and O–H groups in total. The molecular weight excluding hydrogens is 377 g/mol. The topological polar surface area (TPSA) is 73.9 Å². The van der Waals surface area contributed by atoms with Crippen LogP contribution in [0.15, 0.2) is 24.3 Å². The van der Waals surface area contributed by atoms with E-state index in [1.807, 2.05) is 4.90 Å². The molecule has 0 radical (unpaired) electrons. The van der Waals surface area contributed by atoms with Crippen LogP contribution < -0.4 is 15.4 Å². The fraction of sp³-hybridized carbons (Fsp3) is 0.556. The van der Waals surface area contributed by atoms with Crippen LogP contribution in [0.1, 0.15) is 19.4 Å². The van der Waals surface area contributed by atoms with Crippen molar-refractivity contribution in [2.75, 3.05) is 32.7 Å². The van der Waals surface area contributed by atoms with Crippen LogP contribution in [0.3, 0.4) is 0 Å². The number of nitrogens with zero attached hydrogens (tertiary/aromatic N) is 2. The van der Waals surface area contributed by atoms with E-state index < -0.39 is 18.4 Å². The number of halogens is 3. The van der Waals surface area contributed by atoms with Crippen LogP contribution in [0.4, 0.5) is 18.0 Å². The molecule has 156 valence electrons. The summed E-state index contributed by atoms with van der Waals surface area (Å²) < 4.78 is 40.5. The van der Waals surface area contributed by atoms with Gasteiger partial charge in [-0.25, -0.2) is 4.79 Å². The molecule has 1 unspecified atom stereocenters. The largest absolute Gasteiger partial charge is 0.573 e. The van der Waals surface area contributed by atoms with Gasteiger partial charge < -0.3 is 10.1 Å². The van der Waals surface area contributed by atoms with E-state index in [2.05, 4.69) is 20.3 Å². The van der Waals surface area contributed by atoms with E-state index >= 15 is 0 Å². The number of carbonyl (C=O) groups excluding carboxylic acids is 2. The Labute approximate surface area is 161 Å². The van der Waals surface area contributed by atoms with Gasteiger partial charge in [0, 0.05) is 39.3 Å². The van der Waals surface area contributed by atoms with Crippen molar-refractivity contribution in [1.82, 2.24) is 20.4 Å². The van der Waals surface area contributed by atoms with Gasteiger partial charge in [-0.3, -0.25) is 19.9 Å². The van der Waals surface area contributed by atoms with Crippen molar-refractivity contribution in [2.45, 2.75) is 32.8 Å². The average Bonchev–Trinajstić information content (AvgIpc) is 2.62. The SMILES string of the molecule is CCNC(=O)NC(=O)C(C)N1CCN(Cc2ccc(OC(F)(F)F)cc2)CC1. The second-order valence-electron chi connectivity index (χ2n) is 6.53. The predicted molar refractivity (Wildman–Crippen MR) is 96.7 cm³/mol. The number of imide groups is 1. The average molecular weight is 402 g/mol. The molecule has 1 atom stereocenters. The first-order chi connectivity index (χ1) is 13.2. The van der Waals surface area contributed by atoms with Gasteiger partial charge in [0.15, 0.2) is 0 Å². The Morgan fingerprint density at radius 1 is 1.14 bits per heavy atom. The molecule has 28 heavy (non-hydrogen) atoms. The molecule has 1 saturated heterocycles. The summed E-state index contributed by atoms with van der Waals surface area (Å²) in [6.45, 7) is 7.28. The zero-order valence-corrected chi connectivity index (χ0v) is 15.9. The van der Waals surface area contributed by atoms with Crippen LogP contribution in [0.25, 0.3) is 0 Å². The third-order valence-electron chi connectivity index (χ3n) is 4.47. The molecular formula is C18H25F3N4O3. The first kappa shape index (κ1) is 22.0. The number of hydrogen-bond acceptors (Lipinski definition) is 5. The Kier molecular flexibility index (Phi) is 7.64. The molecule has 10 heteroatoms. The number of amides is 3. The van der Waals surface area contributed by atoms with E-state index in [1.54, 1.807) is 26.0 Å². The number of urea groups is 1. The van der Waals surface area contributed by atoms with Crippen molar-refractivity contribution in [3.05, 3.63) is 29.8 Å². The zero-order chi connectivity index (χ0) is 20.7. The Balaban J connectivity index is 1.79. The van der Waals surface area contributed by atoms with Crippen molar-refractivity contribution in [3.8, 4) is 5.75 Å². The number of carbonyl (C=O) groups is 2. The molecule has 1 aliphatic rings. The fourth-order valence-corrected chi connectivity index (χ4v) is 2.95. The normalized spacial score (nSPS) is 17.0. The van der Waals surface area contributed by atoms with E-state index in [1.165, 1.54) is 12.1 Å². The summed E-state index contributed by atoms with van der Waals surface area (Å²) in [6, 6.07) is 4.88. The van der Waals surface area contributed by atoms with Gasteiger partial charge in [-0.1, -0.05) is 12.1 Å². The number of rotatable bonds is 6. The lowest BCUT2D eigenvalue weighted by atomic mass is 10.1. The minimum atomic E-state index is -4.70. The quantitative estimate of drug-likeness (QED) is 0.761. The predicted octanol–water partition coefficient (Wildman–Crippen LogP) is 1.94. The van der Waals surface area contributed by atoms with E-state index in [9.17, 15) is 22.8 Å². The van der Waals surface area contributed by atoms with Gasteiger partial charge >= 0.3 is 12.4 Å². The maximum Gasteiger partial charge on any atom is 0.573 e. The van der Waals surface area contributed by atoms with Crippen molar-refractivity contribution < 1.29 is 27.5 Å². The number of nitrogens with one attached hydrogen (secondary N) is 2. The Hall–Kier alpha value is -2.33. The molecule has 0 bridgehead atoms. The summed E-state index contributed by atoms with van der Waals surface area (Å²) in [6.07, 6.45) is -4.70. The minimum Gasteiger partial charge on any atom is -0.406 e. The minimum absolute atomic E-state index is 0.243. The van der Waals surface area contributed by atoms with Gasteiger partial charge in [-0.15, -0.1) is 13.2 Å². The van der Waals surface area contributed by atoms with Crippen LogP contribution in [-0.4, -0.2) is 66.9 Å². The molecule has 1 aliphatic heterocycles. The summed E-state index contributed by atoms with van der Waals surface area (Å²) in [7, 11) is 0. The molecule has 1 heterocycles. The molecule has 1 aromatic rings. The molecule has 7 nitrogen and oxygen atoms in total. The Bertz CT molecular complexity index is 659. The number of alkyl halides is 3. The number of piperazine rings is 1. The van der Waals surface area contributed by atoms with Crippen molar-refractivity contribution in [1.29, 1.82) is 0 Å². The van der Waals surface area contributed by atoms with Gasteiger partial charge in [0.2, 0.25) is 5.91 Å². The van der Waals surface area contributed by atoms with E-state index in [-0.39, 0.29) is 11.7 Å². The van der Waals surface area contributed by atoms with Crippen LogP contribution in [-0.2, 0) is 11.3 Å². The van der Waals surface area contributed by atoms with Crippen molar-refractivity contribution in [2.24, 2.45) is 0 Å². The van der Waals surface area contributed by atoms with Crippen LogP contribution in [0.5, 0.6) is 5.75 Å². The molecule has 0 aromatic heterocycles. The zero-order valence-electron chi connectivity index (χ0n) is 15.9. The third-order valence-corrected chi connectivity index (χ3v) is 4.47. The Morgan fingerprint density at radius 3 is 2.29 bits per heavy atom. The number of hydrogen-bond donors (Lipinski definition) is 2. The maximum absolute atomic E-state index is 12.2. The number of benzene rings is 1. The lowest BCUT2D eigenvalue weighted by Gasteiger charge is -2.37. The summed E-state index contributed by atoms with van der Waals surface area (Å²) in [5.74, 6) is -0.590. The highest BCUT2D eigenvalue weighted by Gasteiger charge is 2.31. The monoisotopic (exact) mass is 402 g/mol. The summed E-state index contributed by atoms with van der Waals surface area (Å²) >= 11 is 0.